The van der Waals surface area contributed by atoms with E-state index in [-0.39, 0.29) is 18.2 Å². The average molecular weight is 263 g/mol. The number of aromatic nitrogens is 1. The highest BCUT2D eigenvalue weighted by molar-refractivity contribution is 5.92. The summed E-state index contributed by atoms with van der Waals surface area (Å²) >= 11 is 0. The van der Waals surface area contributed by atoms with Crippen LogP contribution in [0.1, 0.15) is 18.5 Å². The molecule has 0 bridgehead atoms. The zero-order valence-corrected chi connectivity index (χ0v) is 10.6. The van der Waals surface area contributed by atoms with Crippen molar-refractivity contribution >= 4 is 17.6 Å². The van der Waals surface area contributed by atoms with Crippen LogP contribution in [0, 0.1) is 5.92 Å². The maximum Gasteiger partial charge on any atom is 0.309 e. The molecular weight excluding hydrogens is 246 g/mol. The van der Waals surface area contributed by atoms with Crippen molar-refractivity contribution in [2.75, 3.05) is 18.4 Å². The fourth-order valence-corrected chi connectivity index (χ4v) is 2.08. The number of rotatable bonds is 4. The van der Waals surface area contributed by atoms with Gasteiger partial charge < -0.3 is 15.7 Å². The van der Waals surface area contributed by atoms with Crippen LogP contribution in [0.3, 0.4) is 0 Å². The highest BCUT2D eigenvalue weighted by Gasteiger charge is 2.20. The Labute approximate surface area is 111 Å². The monoisotopic (exact) mass is 263 g/mol. The summed E-state index contributed by atoms with van der Waals surface area (Å²) in [6.07, 6.45) is 3.28. The lowest BCUT2D eigenvalue weighted by Crippen LogP contribution is -2.37. The van der Waals surface area contributed by atoms with Crippen LogP contribution in [0.25, 0.3) is 0 Å². The van der Waals surface area contributed by atoms with Gasteiger partial charge in [0.05, 0.1) is 29.9 Å². The number of pyridine rings is 1. The van der Waals surface area contributed by atoms with Gasteiger partial charge in [0.15, 0.2) is 0 Å². The highest BCUT2D eigenvalue weighted by Crippen LogP contribution is 2.14. The number of nitrogens with one attached hydrogen (secondary N) is 2. The Morgan fingerprint density at radius 2 is 2.32 bits per heavy atom. The molecule has 1 amide bonds. The molecule has 1 saturated heterocycles. The zero-order valence-electron chi connectivity index (χ0n) is 10.6. The second kappa shape index (κ2) is 6.29. The van der Waals surface area contributed by atoms with E-state index in [2.05, 4.69) is 15.6 Å². The second-order valence-corrected chi connectivity index (χ2v) is 4.64. The van der Waals surface area contributed by atoms with Gasteiger partial charge in [0, 0.05) is 6.54 Å². The van der Waals surface area contributed by atoms with Crippen LogP contribution in [-0.4, -0.2) is 35.1 Å². The van der Waals surface area contributed by atoms with Crippen LogP contribution in [0.15, 0.2) is 18.3 Å². The van der Waals surface area contributed by atoms with Crippen LogP contribution < -0.4 is 10.6 Å². The Bertz CT molecular complexity index is 453. The number of carbonyl (C=O) groups excluding carboxylic acids is 1. The van der Waals surface area contributed by atoms with Crippen molar-refractivity contribution in [1.29, 1.82) is 0 Å². The van der Waals surface area contributed by atoms with Gasteiger partial charge in [-0.2, -0.15) is 0 Å². The molecule has 0 spiro atoms. The molecule has 2 heterocycles. The molecule has 0 saturated carbocycles. The fourth-order valence-electron chi connectivity index (χ4n) is 2.08. The molecule has 1 aliphatic rings. The van der Waals surface area contributed by atoms with E-state index in [0.29, 0.717) is 17.9 Å². The maximum atomic E-state index is 12.0. The van der Waals surface area contributed by atoms with Gasteiger partial charge in [0.2, 0.25) is 5.91 Å². The molecule has 1 fully saturated rings. The van der Waals surface area contributed by atoms with Crippen LogP contribution in [-0.2, 0) is 16.0 Å². The first-order chi connectivity index (χ1) is 9.15. The zero-order chi connectivity index (χ0) is 13.7. The number of carboxylic acid groups (broad SMARTS) is 1. The molecule has 0 aromatic carbocycles. The van der Waals surface area contributed by atoms with E-state index in [1.54, 1.807) is 12.1 Å². The van der Waals surface area contributed by atoms with E-state index in [0.717, 1.165) is 19.4 Å². The van der Waals surface area contributed by atoms with E-state index in [9.17, 15) is 9.59 Å². The van der Waals surface area contributed by atoms with Gasteiger partial charge in [0.1, 0.15) is 0 Å². The second-order valence-electron chi connectivity index (χ2n) is 4.64. The Balaban J connectivity index is 1.91. The number of hydrogen-bond acceptors (Lipinski definition) is 4. The van der Waals surface area contributed by atoms with Gasteiger partial charge in [-0.1, -0.05) is 0 Å². The summed E-state index contributed by atoms with van der Waals surface area (Å²) < 4.78 is 0. The number of carbonyl (C=O) groups is 2. The first-order valence-electron chi connectivity index (χ1n) is 6.33. The number of nitrogens with zero attached hydrogens (tertiary/aromatic N) is 1. The predicted molar refractivity (Wildman–Crippen MR) is 69.8 cm³/mol. The Morgan fingerprint density at radius 1 is 1.47 bits per heavy atom. The number of piperidine rings is 1. The topological polar surface area (TPSA) is 91.3 Å². The molecule has 0 unspecified atom stereocenters. The highest BCUT2D eigenvalue weighted by atomic mass is 16.4. The maximum absolute atomic E-state index is 12.0. The summed E-state index contributed by atoms with van der Waals surface area (Å²) in [5.41, 5.74) is 1.08. The van der Waals surface area contributed by atoms with Gasteiger partial charge in [-0.25, -0.2) is 0 Å². The third kappa shape index (κ3) is 4.03. The Morgan fingerprint density at radius 3 is 2.89 bits per heavy atom. The first-order valence-corrected chi connectivity index (χ1v) is 6.33. The molecule has 1 aliphatic heterocycles. The standard InChI is InChI=1S/C13H17N3O3/c17-12(18)6-10-3-4-11(8-15-10)16-13(19)9-2-1-5-14-7-9/h3-4,8-9,14H,1-2,5-7H2,(H,16,19)(H,17,18)/t9-/m0/s1. The molecule has 2 rings (SSSR count). The Hall–Kier alpha value is -1.95. The molecular formula is C13H17N3O3. The predicted octanol–water partition coefficient (Wildman–Crippen LogP) is 0.647. The third-order valence-electron chi connectivity index (χ3n) is 3.09. The van der Waals surface area contributed by atoms with Crippen LogP contribution in [0.4, 0.5) is 5.69 Å². The summed E-state index contributed by atoms with van der Waals surface area (Å²) in [5.74, 6) is -0.940. The molecule has 3 N–H and O–H groups in total. The van der Waals surface area contributed by atoms with Gasteiger partial charge in [-0.05, 0) is 31.5 Å². The Kier molecular flexibility index (Phi) is 4.46. The smallest absolute Gasteiger partial charge is 0.309 e. The van der Waals surface area contributed by atoms with E-state index in [1.807, 2.05) is 0 Å². The van der Waals surface area contributed by atoms with E-state index in [4.69, 9.17) is 5.11 Å². The summed E-state index contributed by atoms with van der Waals surface area (Å²) in [6.45, 7) is 1.67. The van der Waals surface area contributed by atoms with E-state index >= 15 is 0 Å². The molecule has 1 aromatic rings. The van der Waals surface area contributed by atoms with Crippen LogP contribution >= 0.6 is 0 Å². The number of anilines is 1. The minimum Gasteiger partial charge on any atom is -0.481 e. The molecule has 19 heavy (non-hydrogen) atoms. The summed E-state index contributed by atoms with van der Waals surface area (Å²) in [5, 5.41) is 14.6. The van der Waals surface area contributed by atoms with Gasteiger partial charge in [-0.15, -0.1) is 0 Å². The number of hydrogen-bond donors (Lipinski definition) is 3. The van der Waals surface area contributed by atoms with E-state index < -0.39 is 5.97 Å². The molecule has 1 aromatic heterocycles. The lowest BCUT2D eigenvalue weighted by molar-refractivity contribution is -0.136. The molecule has 6 nitrogen and oxygen atoms in total. The van der Waals surface area contributed by atoms with Crippen LogP contribution in [0.5, 0.6) is 0 Å². The van der Waals surface area contributed by atoms with Crippen molar-refractivity contribution in [1.82, 2.24) is 10.3 Å². The first kappa shape index (κ1) is 13.5. The largest absolute Gasteiger partial charge is 0.481 e. The minimum atomic E-state index is -0.919. The fraction of sp³-hybridized carbons (Fsp3) is 0.462. The molecule has 102 valence electrons. The summed E-state index contributed by atoms with van der Waals surface area (Å²) in [7, 11) is 0. The van der Waals surface area contributed by atoms with Crippen molar-refractivity contribution in [2.45, 2.75) is 19.3 Å². The quantitative estimate of drug-likeness (QED) is 0.741. The normalized spacial score (nSPS) is 18.8. The van der Waals surface area contributed by atoms with Crippen molar-refractivity contribution in [3.63, 3.8) is 0 Å². The number of carboxylic acids is 1. The van der Waals surface area contributed by atoms with E-state index in [1.165, 1.54) is 6.20 Å². The lowest BCUT2D eigenvalue weighted by atomic mass is 9.99. The lowest BCUT2D eigenvalue weighted by Gasteiger charge is -2.21. The average Bonchev–Trinajstić information content (AvgIpc) is 2.41. The van der Waals surface area contributed by atoms with Crippen molar-refractivity contribution < 1.29 is 14.7 Å². The minimum absolute atomic E-state index is 0.00699. The van der Waals surface area contributed by atoms with Crippen molar-refractivity contribution in [2.24, 2.45) is 5.92 Å². The molecule has 0 aliphatic carbocycles. The third-order valence-corrected chi connectivity index (χ3v) is 3.09. The van der Waals surface area contributed by atoms with Gasteiger partial charge in [-0.3, -0.25) is 14.6 Å². The molecule has 1 atom stereocenters. The van der Waals surface area contributed by atoms with Gasteiger partial charge >= 0.3 is 5.97 Å². The van der Waals surface area contributed by atoms with Gasteiger partial charge in [0.25, 0.3) is 0 Å². The number of amides is 1. The summed E-state index contributed by atoms with van der Waals surface area (Å²) in [6, 6.07) is 3.29. The van der Waals surface area contributed by atoms with Crippen molar-refractivity contribution in [3.05, 3.63) is 24.0 Å². The van der Waals surface area contributed by atoms with Crippen molar-refractivity contribution in [3.8, 4) is 0 Å². The SMILES string of the molecule is O=C(O)Cc1ccc(NC(=O)[C@H]2CCCNC2)cn1. The molecule has 0 radical (unpaired) electrons. The summed E-state index contributed by atoms with van der Waals surface area (Å²) in [4.78, 5) is 26.5. The van der Waals surface area contributed by atoms with Crippen LogP contribution in [0.2, 0.25) is 0 Å². The molecule has 6 heteroatoms. The number of aliphatic carboxylic acids is 1.